The topological polar surface area (TPSA) is 6.48 Å². The number of hydrogen-bond donors (Lipinski definition) is 0. The molecule has 0 fully saturated rings. The fourth-order valence-electron chi connectivity index (χ4n) is 9.73. The van der Waals surface area contributed by atoms with Crippen LogP contribution in [0.4, 0.5) is 34.1 Å². The fraction of sp³-hybridized carbons (Fsp3) is 0.0164. The fourth-order valence-corrected chi connectivity index (χ4v) is 9.73. The molecule has 0 unspecified atom stereocenters. The summed E-state index contributed by atoms with van der Waals surface area (Å²) in [6, 6.07) is 97.1. The molecule has 10 aromatic rings. The first-order valence-corrected chi connectivity index (χ1v) is 21.7. The number of para-hydroxylation sites is 2. The highest BCUT2D eigenvalue weighted by Crippen LogP contribution is 2.61. The minimum Gasteiger partial charge on any atom is -0.310 e. The summed E-state index contributed by atoms with van der Waals surface area (Å²) in [5, 5.41) is 0. The molecule has 2 heteroatoms. The van der Waals surface area contributed by atoms with Gasteiger partial charge in [0.25, 0.3) is 0 Å². The molecule has 298 valence electrons. The number of rotatable bonds is 10. The molecule has 0 bridgehead atoms. The SMILES string of the molecule is c1ccc(-c2ccc(N(c3ccccc3)c3cc(N(c4ccccc4)c4ccc(-c5ccccc5)cc4)c4c(c3)C(c3ccccc3)(c3ccccc3)c3ccccc3-4)cc2)cc1. The zero-order valence-corrected chi connectivity index (χ0v) is 34.8. The minimum atomic E-state index is -0.627. The number of anilines is 6. The van der Waals surface area contributed by atoms with Crippen molar-refractivity contribution in [2.75, 3.05) is 9.80 Å². The standard InChI is InChI=1S/C61H44N2/c1-7-21-45(22-8-1)47-35-39-53(40-36-47)62(51-29-15-5-16-30-51)55-43-58-60(56-33-19-20-34-57(56)61(58,49-25-11-3-12-26-49)50-27-13-4-14-28-50)59(44-55)63(52-31-17-6-18-32-52)54-41-37-48(38-42-54)46-23-9-2-10-24-46/h1-44H. The lowest BCUT2D eigenvalue weighted by Gasteiger charge is -2.36. The second-order valence-corrected chi connectivity index (χ2v) is 16.1. The van der Waals surface area contributed by atoms with E-state index in [0.717, 1.165) is 34.1 Å². The van der Waals surface area contributed by atoms with Crippen LogP contribution in [-0.2, 0) is 5.41 Å². The van der Waals surface area contributed by atoms with Crippen LogP contribution < -0.4 is 9.80 Å². The van der Waals surface area contributed by atoms with Crippen molar-refractivity contribution in [1.29, 1.82) is 0 Å². The smallest absolute Gasteiger partial charge is 0.0715 e. The van der Waals surface area contributed by atoms with Crippen LogP contribution in [0.5, 0.6) is 0 Å². The summed E-state index contributed by atoms with van der Waals surface area (Å²) in [6.07, 6.45) is 0. The van der Waals surface area contributed by atoms with E-state index < -0.39 is 5.41 Å². The summed E-state index contributed by atoms with van der Waals surface area (Å²) in [6.45, 7) is 0. The maximum atomic E-state index is 2.47. The molecule has 0 N–H and O–H groups in total. The largest absolute Gasteiger partial charge is 0.310 e. The highest BCUT2D eigenvalue weighted by atomic mass is 15.2. The van der Waals surface area contributed by atoms with E-state index in [0.29, 0.717) is 0 Å². The van der Waals surface area contributed by atoms with E-state index >= 15 is 0 Å². The predicted molar refractivity (Wildman–Crippen MR) is 264 cm³/mol. The monoisotopic (exact) mass is 804 g/mol. The van der Waals surface area contributed by atoms with Crippen molar-refractivity contribution >= 4 is 34.1 Å². The van der Waals surface area contributed by atoms with Gasteiger partial charge in [-0.25, -0.2) is 0 Å². The molecule has 0 atom stereocenters. The first-order valence-electron chi connectivity index (χ1n) is 21.7. The van der Waals surface area contributed by atoms with Gasteiger partial charge in [-0.2, -0.15) is 0 Å². The van der Waals surface area contributed by atoms with Gasteiger partial charge in [-0.3, -0.25) is 0 Å². The second kappa shape index (κ2) is 16.3. The van der Waals surface area contributed by atoms with Crippen LogP contribution >= 0.6 is 0 Å². The third kappa shape index (κ3) is 6.70. The molecular weight excluding hydrogens is 761 g/mol. The third-order valence-electron chi connectivity index (χ3n) is 12.5. The summed E-state index contributed by atoms with van der Waals surface area (Å²) in [4.78, 5) is 4.88. The summed E-state index contributed by atoms with van der Waals surface area (Å²) < 4.78 is 0. The van der Waals surface area contributed by atoms with Crippen LogP contribution in [0.2, 0.25) is 0 Å². The average molecular weight is 805 g/mol. The van der Waals surface area contributed by atoms with Crippen molar-refractivity contribution in [2.24, 2.45) is 0 Å². The molecule has 11 rings (SSSR count). The quantitative estimate of drug-likeness (QED) is 0.136. The molecule has 0 aliphatic heterocycles. The molecule has 10 aromatic carbocycles. The Morgan fingerprint density at radius 3 is 1.11 bits per heavy atom. The Balaban J connectivity index is 1.24. The summed E-state index contributed by atoms with van der Waals surface area (Å²) in [7, 11) is 0. The molecule has 63 heavy (non-hydrogen) atoms. The number of fused-ring (bicyclic) bond motifs is 3. The van der Waals surface area contributed by atoms with Crippen molar-refractivity contribution in [3.63, 3.8) is 0 Å². The van der Waals surface area contributed by atoms with Gasteiger partial charge < -0.3 is 9.80 Å². The van der Waals surface area contributed by atoms with Crippen molar-refractivity contribution in [1.82, 2.24) is 0 Å². The Bertz CT molecular complexity index is 3070. The van der Waals surface area contributed by atoms with E-state index in [9.17, 15) is 0 Å². The lowest BCUT2D eigenvalue weighted by Crippen LogP contribution is -2.29. The number of benzene rings is 10. The highest BCUT2D eigenvalue weighted by molar-refractivity contribution is 6.00. The van der Waals surface area contributed by atoms with Crippen molar-refractivity contribution in [3.8, 4) is 33.4 Å². The number of nitrogens with zero attached hydrogens (tertiary/aromatic N) is 2. The van der Waals surface area contributed by atoms with Gasteiger partial charge in [-0.1, -0.05) is 206 Å². The Morgan fingerprint density at radius 1 is 0.254 bits per heavy atom. The normalized spacial score (nSPS) is 12.3. The van der Waals surface area contributed by atoms with Gasteiger partial charge in [0.1, 0.15) is 0 Å². The second-order valence-electron chi connectivity index (χ2n) is 16.1. The maximum absolute atomic E-state index is 2.47. The Hall–Kier alpha value is -8.20. The molecular formula is C61H44N2. The Morgan fingerprint density at radius 2 is 0.619 bits per heavy atom. The van der Waals surface area contributed by atoms with Gasteiger partial charge in [0, 0.05) is 34.0 Å². The molecule has 0 saturated heterocycles. The van der Waals surface area contributed by atoms with Gasteiger partial charge >= 0.3 is 0 Å². The maximum Gasteiger partial charge on any atom is 0.0715 e. The molecule has 0 radical (unpaired) electrons. The van der Waals surface area contributed by atoms with Gasteiger partial charge in [0.2, 0.25) is 0 Å². The molecule has 2 nitrogen and oxygen atoms in total. The van der Waals surface area contributed by atoms with E-state index in [1.165, 1.54) is 55.6 Å². The minimum absolute atomic E-state index is 0.627. The van der Waals surface area contributed by atoms with Crippen LogP contribution in [0.15, 0.2) is 267 Å². The highest BCUT2D eigenvalue weighted by Gasteiger charge is 2.48. The molecule has 0 aromatic heterocycles. The molecule has 1 aliphatic carbocycles. The van der Waals surface area contributed by atoms with E-state index in [4.69, 9.17) is 0 Å². The Labute approximate surface area is 370 Å². The van der Waals surface area contributed by atoms with Crippen LogP contribution in [0.25, 0.3) is 33.4 Å². The molecule has 1 aliphatic rings. The van der Waals surface area contributed by atoms with Crippen LogP contribution in [0, 0.1) is 0 Å². The van der Waals surface area contributed by atoms with Crippen LogP contribution in [0.1, 0.15) is 22.3 Å². The summed E-state index contributed by atoms with van der Waals surface area (Å²) in [5.74, 6) is 0. The van der Waals surface area contributed by atoms with Gasteiger partial charge in [0.15, 0.2) is 0 Å². The zero-order valence-electron chi connectivity index (χ0n) is 34.8. The van der Waals surface area contributed by atoms with E-state index in [2.05, 4.69) is 277 Å². The van der Waals surface area contributed by atoms with E-state index in [1.807, 2.05) is 0 Å². The van der Waals surface area contributed by atoms with Gasteiger partial charge in [0.05, 0.1) is 11.1 Å². The van der Waals surface area contributed by atoms with Crippen molar-refractivity contribution < 1.29 is 0 Å². The van der Waals surface area contributed by atoms with Gasteiger partial charge in [-0.05, 0) is 111 Å². The lowest BCUT2D eigenvalue weighted by atomic mass is 9.67. The Kier molecular flexibility index (Phi) is 9.80. The van der Waals surface area contributed by atoms with Crippen molar-refractivity contribution in [3.05, 3.63) is 289 Å². The van der Waals surface area contributed by atoms with Crippen LogP contribution in [0.3, 0.4) is 0 Å². The molecule has 0 heterocycles. The van der Waals surface area contributed by atoms with Gasteiger partial charge in [-0.15, -0.1) is 0 Å². The van der Waals surface area contributed by atoms with Crippen LogP contribution in [-0.4, -0.2) is 0 Å². The van der Waals surface area contributed by atoms with E-state index in [-0.39, 0.29) is 0 Å². The molecule has 0 saturated carbocycles. The average Bonchev–Trinajstić information content (AvgIpc) is 3.67. The lowest BCUT2D eigenvalue weighted by molar-refractivity contribution is 0.768. The summed E-state index contributed by atoms with van der Waals surface area (Å²) in [5.41, 5.74) is 18.0. The third-order valence-corrected chi connectivity index (χ3v) is 12.5. The predicted octanol–water partition coefficient (Wildman–Crippen LogP) is 16.3. The first kappa shape index (κ1) is 37.8. The zero-order chi connectivity index (χ0) is 42.0. The number of hydrogen-bond acceptors (Lipinski definition) is 2. The molecule has 0 spiro atoms. The summed E-state index contributed by atoms with van der Waals surface area (Å²) >= 11 is 0. The van der Waals surface area contributed by atoms with E-state index in [1.54, 1.807) is 0 Å². The first-order chi connectivity index (χ1) is 31.3. The molecule has 0 amide bonds. The van der Waals surface area contributed by atoms with Crippen molar-refractivity contribution in [2.45, 2.75) is 5.41 Å².